The van der Waals surface area contributed by atoms with E-state index < -0.39 is 33.6 Å². The van der Waals surface area contributed by atoms with Gasteiger partial charge in [0, 0.05) is 18.9 Å². The molecule has 1 aromatic heterocycles. The molecule has 13 heteroatoms. The molecule has 3 aromatic rings. The highest BCUT2D eigenvalue weighted by molar-refractivity contribution is 7.89. The minimum absolute atomic E-state index is 0.136. The number of carboxylic acid groups (broad SMARTS) is 1. The van der Waals surface area contributed by atoms with Crippen LogP contribution in [0.5, 0.6) is 0 Å². The molecule has 0 aliphatic carbocycles. The standard InChI is InChI=1S/C24H28N6O6S/c31-21(20-11-16-36-29-20)28-24(22(32)33,12-4-13-25-23-26-14-15-27-23)30-37(34,35)19-9-7-18(8-10-19)17-5-2-1-3-6-17/h1-3,5-10,14-15,20,29-30H,4,11-13,16H2,(H,28,31)(H,32,33)(H2,25,26,27). The number of sulfonamides is 1. The van der Waals surface area contributed by atoms with Crippen LogP contribution in [0, 0.1) is 0 Å². The maximum atomic E-state index is 13.3. The number of nitrogens with one attached hydrogen (secondary N) is 5. The Morgan fingerprint density at radius 1 is 1.11 bits per heavy atom. The SMILES string of the molecule is O=C(NC(CCCNc1ncc[nH]1)(NS(=O)(=O)c1ccc(-c2ccccc2)cc1)C(=O)O)C1CCON1. The number of nitrogens with zero attached hydrogens (tertiary/aromatic N) is 1. The number of aliphatic carboxylic acids is 1. The number of imidazole rings is 1. The van der Waals surface area contributed by atoms with Gasteiger partial charge in [0.2, 0.25) is 21.6 Å². The lowest BCUT2D eigenvalue weighted by atomic mass is 10.0. The first-order valence-electron chi connectivity index (χ1n) is 11.6. The lowest BCUT2D eigenvalue weighted by molar-refractivity contribution is -0.149. The molecule has 6 N–H and O–H groups in total. The Labute approximate surface area is 213 Å². The Bertz CT molecular complexity index is 1300. The van der Waals surface area contributed by atoms with Gasteiger partial charge in [-0.05, 0) is 42.5 Å². The van der Waals surface area contributed by atoms with Crippen LogP contribution in [0.3, 0.4) is 0 Å². The number of rotatable bonds is 12. The van der Waals surface area contributed by atoms with E-state index in [9.17, 15) is 23.1 Å². The smallest absolute Gasteiger partial charge is 0.345 e. The molecule has 2 unspecified atom stereocenters. The van der Waals surface area contributed by atoms with Crippen molar-refractivity contribution in [1.82, 2.24) is 25.5 Å². The normalized spacial score (nSPS) is 17.1. The molecule has 4 rings (SSSR count). The number of hydrogen-bond acceptors (Lipinski definition) is 8. The van der Waals surface area contributed by atoms with Gasteiger partial charge in [-0.25, -0.2) is 18.2 Å². The Hall–Kier alpha value is -3.78. The van der Waals surface area contributed by atoms with Crippen molar-refractivity contribution in [2.75, 3.05) is 18.5 Å². The Morgan fingerprint density at radius 2 is 1.84 bits per heavy atom. The molecule has 1 aliphatic heterocycles. The number of hydroxylamine groups is 1. The van der Waals surface area contributed by atoms with Crippen LogP contribution in [0.15, 0.2) is 71.9 Å². The predicted molar refractivity (Wildman–Crippen MR) is 135 cm³/mol. The van der Waals surface area contributed by atoms with E-state index in [-0.39, 0.29) is 30.9 Å². The highest BCUT2D eigenvalue weighted by Gasteiger charge is 2.45. The van der Waals surface area contributed by atoms with Crippen molar-refractivity contribution >= 4 is 27.8 Å². The topological polar surface area (TPSA) is 175 Å². The van der Waals surface area contributed by atoms with Gasteiger partial charge in [0.1, 0.15) is 6.04 Å². The third-order valence-electron chi connectivity index (χ3n) is 5.85. The molecule has 12 nitrogen and oxygen atoms in total. The van der Waals surface area contributed by atoms with Gasteiger partial charge < -0.3 is 25.6 Å². The third-order valence-corrected chi connectivity index (χ3v) is 7.36. The third kappa shape index (κ3) is 6.51. The van der Waals surface area contributed by atoms with Gasteiger partial charge in [-0.15, -0.1) is 0 Å². The summed E-state index contributed by atoms with van der Waals surface area (Å²) in [5, 5.41) is 15.6. The second kappa shape index (κ2) is 11.5. The van der Waals surface area contributed by atoms with Gasteiger partial charge in [0.05, 0.1) is 11.5 Å². The molecule has 0 radical (unpaired) electrons. The van der Waals surface area contributed by atoms with Crippen molar-refractivity contribution in [3.63, 3.8) is 0 Å². The van der Waals surface area contributed by atoms with Crippen molar-refractivity contribution in [1.29, 1.82) is 0 Å². The maximum absolute atomic E-state index is 13.3. The minimum atomic E-state index is -4.35. The summed E-state index contributed by atoms with van der Waals surface area (Å²) in [5.74, 6) is -1.75. The highest BCUT2D eigenvalue weighted by Crippen LogP contribution is 2.23. The zero-order valence-electron chi connectivity index (χ0n) is 19.8. The summed E-state index contributed by atoms with van der Waals surface area (Å²) >= 11 is 0. The molecule has 1 amide bonds. The molecule has 0 bridgehead atoms. The Balaban J connectivity index is 1.55. The van der Waals surface area contributed by atoms with E-state index in [4.69, 9.17) is 4.84 Å². The average Bonchev–Trinajstić information content (AvgIpc) is 3.62. The molecule has 1 fully saturated rings. The van der Waals surface area contributed by atoms with Gasteiger partial charge in [-0.3, -0.25) is 4.79 Å². The predicted octanol–water partition coefficient (Wildman–Crippen LogP) is 1.44. The van der Waals surface area contributed by atoms with E-state index in [0.29, 0.717) is 12.4 Å². The van der Waals surface area contributed by atoms with Crippen LogP contribution in [-0.2, 0) is 24.4 Å². The van der Waals surface area contributed by atoms with Crippen molar-refractivity contribution < 1.29 is 28.0 Å². The number of carboxylic acids is 1. The van der Waals surface area contributed by atoms with E-state index in [0.717, 1.165) is 11.1 Å². The molecule has 0 saturated carbocycles. The van der Waals surface area contributed by atoms with Crippen molar-refractivity contribution in [3.05, 3.63) is 67.0 Å². The number of carbonyl (C=O) groups excluding carboxylic acids is 1. The van der Waals surface area contributed by atoms with Crippen molar-refractivity contribution in [3.8, 4) is 11.1 Å². The summed E-state index contributed by atoms with van der Waals surface area (Å²) in [6.07, 6.45) is 3.44. The molecule has 0 spiro atoms. The van der Waals surface area contributed by atoms with E-state index in [1.807, 2.05) is 30.3 Å². The zero-order chi connectivity index (χ0) is 26.3. The number of aromatic amines is 1. The first kappa shape index (κ1) is 26.3. The Kier molecular flexibility index (Phi) is 8.18. The summed E-state index contributed by atoms with van der Waals surface area (Å²) in [7, 11) is -4.35. The number of carbonyl (C=O) groups is 2. The van der Waals surface area contributed by atoms with E-state index in [2.05, 4.69) is 30.8 Å². The molecule has 37 heavy (non-hydrogen) atoms. The van der Waals surface area contributed by atoms with E-state index in [1.54, 1.807) is 24.5 Å². The average molecular weight is 529 g/mol. The van der Waals surface area contributed by atoms with Crippen LogP contribution >= 0.6 is 0 Å². The van der Waals surface area contributed by atoms with Crippen molar-refractivity contribution in [2.24, 2.45) is 0 Å². The number of benzene rings is 2. The maximum Gasteiger partial charge on any atom is 0.345 e. The molecule has 2 heterocycles. The number of aromatic nitrogens is 2. The van der Waals surface area contributed by atoms with Crippen LogP contribution in [-0.4, -0.2) is 60.2 Å². The second-order valence-electron chi connectivity index (χ2n) is 8.47. The summed E-state index contributed by atoms with van der Waals surface area (Å²) in [5.41, 5.74) is 1.91. The fourth-order valence-electron chi connectivity index (χ4n) is 3.89. The largest absolute Gasteiger partial charge is 0.478 e. The van der Waals surface area contributed by atoms with Crippen LogP contribution in [0.2, 0.25) is 0 Å². The molecular formula is C24H28N6O6S. The van der Waals surface area contributed by atoms with Crippen molar-refractivity contribution in [2.45, 2.75) is 35.9 Å². The molecule has 2 aromatic carbocycles. The number of amides is 1. The van der Waals surface area contributed by atoms with Gasteiger partial charge in [0.25, 0.3) is 0 Å². The number of anilines is 1. The summed E-state index contributed by atoms with van der Waals surface area (Å²) < 4.78 is 28.9. The van der Waals surface area contributed by atoms with Crippen LogP contribution in [0.4, 0.5) is 5.95 Å². The van der Waals surface area contributed by atoms with E-state index >= 15 is 0 Å². The molecule has 196 valence electrons. The first-order chi connectivity index (χ1) is 17.8. The minimum Gasteiger partial charge on any atom is -0.478 e. The van der Waals surface area contributed by atoms with Gasteiger partial charge in [0.15, 0.2) is 5.95 Å². The number of hydrogen-bond donors (Lipinski definition) is 6. The van der Waals surface area contributed by atoms with Gasteiger partial charge >= 0.3 is 5.97 Å². The number of H-pyrrole nitrogens is 1. The van der Waals surface area contributed by atoms with E-state index in [1.165, 1.54) is 12.1 Å². The van der Waals surface area contributed by atoms with Crippen LogP contribution in [0.1, 0.15) is 19.3 Å². The molecule has 2 atom stereocenters. The van der Waals surface area contributed by atoms with Crippen LogP contribution < -0.4 is 20.8 Å². The second-order valence-corrected chi connectivity index (χ2v) is 10.2. The molecule has 1 aliphatic rings. The summed E-state index contributed by atoms with van der Waals surface area (Å²) in [4.78, 5) is 37.1. The summed E-state index contributed by atoms with van der Waals surface area (Å²) in [6, 6.07) is 14.7. The lowest BCUT2D eigenvalue weighted by Gasteiger charge is -2.32. The monoisotopic (exact) mass is 528 g/mol. The molecular weight excluding hydrogens is 500 g/mol. The fourth-order valence-corrected chi connectivity index (χ4v) is 5.20. The van der Waals surface area contributed by atoms with Gasteiger partial charge in [-0.1, -0.05) is 42.5 Å². The van der Waals surface area contributed by atoms with Gasteiger partial charge in [-0.2, -0.15) is 10.2 Å². The molecule has 1 saturated heterocycles. The first-order valence-corrected chi connectivity index (χ1v) is 13.1. The highest BCUT2D eigenvalue weighted by atomic mass is 32.2. The lowest BCUT2D eigenvalue weighted by Crippen LogP contribution is -2.67. The zero-order valence-corrected chi connectivity index (χ0v) is 20.6. The quantitative estimate of drug-likeness (QED) is 0.150. The Morgan fingerprint density at radius 3 is 2.46 bits per heavy atom. The van der Waals surface area contributed by atoms with Crippen LogP contribution in [0.25, 0.3) is 11.1 Å². The summed E-state index contributed by atoms with van der Waals surface area (Å²) in [6.45, 7) is 0.543. The fraction of sp³-hybridized carbons (Fsp3) is 0.292.